The fourth-order valence-corrected chi connectivity index (χ4v) is 2.42. The molecule has 1 N–H and O–H groups in total. The Morgan fingerprint density at radius 1 is 1.33 bits per heavy atom. The molecule has 21 heavy (non-hydrogen) atoms. The van der Waals surface area contributed by atoms with Crippen LogP contribution < -0.4 is 10.1 Å². The molecule has 2 rings (SSSR count). The summed E-state index contributed by atoms with van der Waals surface area (Å²) in [7, 11) is 0. The van der Waals surface area contributed by atoms with Crippen molar-refractivity contribution >= 4 is 0 Å². The van der Waals surface area contributed by atoms with Gasteiger partial charge in [0.25, 0.3) is 0 Å². The number of nitrogens with zero attached hydrogens (tertiary/aromatic N) is 1. The van der Waals surface area contributed by atoms with Crippen LogP contribution in [0.2, 0.25) is 0 Å². The van der Waals surface area contributed by atoms with Crippen LogP contribution in [-0.2, 0) is 6.54 Å². The highest BCUT2D eigenvalue weighted by atomic mass is 16.5. The maximum atomic E-state index is 5.85. The van der Waals surface area contributed by atoms with Crippen LogP contribution in [-0.4, -0.2) is 37.2 Å². The fourth-order valence-electron chi connectivity index (χ4n) is 2.42. The Labute approximate surface area is 129 Å². The van der Waals surface area contributed by atoms with E-state index in [1.54, 1.807) is 0 Å². The van der Waals surface area contributed by atoms with E-state index in [1.807, 2.05) is 6.08 Å². The predicted molar refractivity (Wildman–Crippen MR) is 88.7 cm³/mol. The van der Waals surface area contributed by atoms with Gasteiger partial charge in [-0.15, -0.1) is 6.58 Å². The van der Waals surface area contributed by atoms with Gasteiger partial charge in [0, 0.05) is 25.7 Å². The SMILES string of the molecule is C=CCN(CCOc1ccc(CNCCC)cc1)C1CC1. The highest BCUT2D eigenvalue weighted by Crippen LogP contribution is 2.26. The molecule has 0 amide bonds. The van der Waals surface area contributed by atoms with Crippen LogP contribution in [0.15, 0.2) is 36.9 Å². The van der Waals surface area contributed by atoms with Gasteiger partial charge in [0.05, 0.1) is 0 Å². The fraction of sp³-hybridized carbons (Fsp3) is 0.556. The van der Waals surface area contributed by atoms with Crippen molar-refractivity contribution in [2.45, 2.75) is 38.8 Å². The first-order valence-electron chi connectivity index (χ1n) is 8.11. The van der Waals surface area contributed by atoms with Crippen molar-refractivity contribution in [3.8, 4) is 5.75 Å². The highest BCUT2D eigenvalue weighted by Gasteiger charge is 2.27. The van der Waals surface area contributed by atoms with Crippen LogP contribution in [0.4, 0.5) is 0 Å². The highest BCUT2D eigenvalue weighted by molar-refractivity contribution is 5.27. The number of hydrogen-bond acceptors (Lipinski definition) is 3. The lowest BCUT2D eigenvalue weighted by atomic mass is 10.2. The van der Waals surface area contributed by atoms with Gasteiger partial charge in [0.15, 0.2) is 0 Å². The van der Waals surface area contributed by atoms with Crippen LogP contribution in [0.25, 0.3) is 0 Å². The van der Waals surface area contributed by atoms with Gasteiger partial charge in [-0.25, -0.2) is 0 Å². The van der Waals surface area contributed by atoms with Gasteiger partial charge in [-0.3, -0.25) is 4.90 Å². The van der Waals surface area contributed by atoms with Gasteiger partial charge in [-0.1, -0.05) is 25.1 Å². The second-order valence-corrected chi connectivity index (χ2v) is 5.68. The van der Waals surface area contributed by atoms with Gasteiger partial charge in [0.2, 0.25) is 0 Å². The molecule has 0 spiro atoms. The molecule has 0 atom stereocenters. The zero-order valence-electron chi connectivity index (χ0n) is 13.2. The van der Waals surface area contributed by atoms with Gasteiger partial charge in [-0.2, -0.15) is 0 Å². The lowest BCUT2D eigenvalue weighted by Crippen LogP contribution is -2.30. The second kappa shape index (κ2) is 8.85. The van der Waals surface area contributed by atoms with E-state index in [4.69, 9.17) is 4.74 Å². The molecule has 1 saturated carbocycles. The van der Waals surface area contributed by atoms with E-state index in [0.29, 0.717) is 0 Å². The summed E-state index contributed by atoms with van der Waals surface area (Å²) in [6.07, 6.45) is 5.81. The van der Waals surface area contributed by atoms with E-state index in [-0.39, 0.29) is 0 Å². The molecule has 1 aromatic rings. The van der Waals surface area contributed by atoms with Crippen molar-refractivity contribution in [3.05, 3.63) is 42.5 Å². The maximum Gasteiger partial charge on any atom is 0.119 e. The monoisotopic (exact) mass is 288 g/mol. The first kappa shape index (κ1) is 16.1. The molecule has 1 aliphatic carbocycles. The first-order chi connectivity index (χ1) is 10.3. The van der Waals surface area contributed by atoms with Gasteiger partial charge in [-0.05, 0) is 43.5 Å². The van der Waals surface area contributed by atoms with Crippen molar-refractivity contribution in [2.75, 3.05) is 26.2 Å². The molecule has 0 saturated heterocycles. The maximum absolute atomic E-state index is 5.85. The summed E-state index contributed by atoms with van der Waals surface area (Å²) in [6, 6.07) is 9.18. The topological polar surface area (TPSA) is 24.5 Å². The zero-order chi connectivity index (χ0) is 14.9. The Morgan fingerprint density at radius 2 is 2.10 bits per heavy atom. The Hall–Kier alpha value is -1.32. The Bertz CT molecular complexity index is 412. The van der Waals surface area contributed by atoms with Crippen molar-refractivity contribution in [1.82, 2.24) is 10.2 Å². The molecule has 1 fully saturated rings. The molecule has 1 aliphatic rings. The Kier molecular flexibility index (Phi) is 6.77. The summed E-state index contributed by atoms with van der Waals surface area (Å²) in [5.74, 6) is 0.962. The number of benzene rings is 1. The van der Waals surface area contributed by atoms with E-state index >= 15 is 0 Å². The summed E-state index contributed by atoms with van der Waals surface area (Å²) in [4.78, 5) is 2.45. The molecular formula is C18H28N2O. The zero-order valence-corrected chi connectivity index (χ0v) is 13.2. The third-order valence-corrected chi connectivity index (χ3v) is 3.75. The lowest BCUT2D eigenvalue weighted by Gasteiger charge is -2.20. The standard InChI is InChI=1S/C18H28N2O/c1-3-11-19-15-16-5-9-18(10-6-16)21-14-13-20(12-4-2)17-7-8-17/h4-6,9-10,17,19H,2-3,7-8,11-15H2,1H3. The minimum Gasteiger partial charge on any atom is -0.492 e. The molecule has 0 aliphatic heterocycles. The number of rotatable bonds is 11. The number of hydrogen-bond donors (Lipinski definition) is 1. The van der Waals surface area contributed by atoms with Gasteiger partial charge < -0.3 is 10.1 Å². The van der Waals surface area contributed by atoms with E-state index < -0.39 is 0 Å². The van der Waals surface area contributed by atoms with E-state index in [1.165, 1.54) is 24.8 Å². The van der Waals surface area contributed by atoms with E-state index in [0.717, 1.165) is 44.6 Å². The average Bonchev–Trinajstić information content (AvgIpc) is 3.33. The largest absolute Gasteiger partial charge is 0.492 e. The number of ether oxygens (including phenoxy) is 1. The van der Waals surface area contributed by atoms with Crippen molar-refractivity contribution in [2.24, 2.45) is 0 Å². The molecule has 116 valence electrons. The van der Waals surface area contributed by atoms with Crippen molar-refractivity contribution < 1.29 is 4.74 Å². The molecule has 1 aromatic carbocycles. The van der Waals surface area contributed by atoms with Crippen LogP contribution in [0.1, 0.15) is 31.7 Å². The third kappa shape index (κ3) is 5.90. The van der Waals surface area contributed by atoms with E-state index in [2.05, 4.69) is 48.0 Å². The molecule has 0 radical (unpaired) electrons. The molecule has 0 unspecified atom stereocenters. The van der Waals surface area contributed by atoms with Crippen molar-refractivity contribution in [1.29, 1.82) is 0 Å². The summed E-state index contributed by atoms with van der Waals surface area (Å²) in [5, 5.41) is 3.41. The van der Waals surface area contributed by atoms with Gasteiger partial charge in [0.1, 0.15) is 12.4 Å². The first-order valence-corrected chi connectivity index (χ1v) is 8.11. The van der Waals surface area contributed by atoms with E-state index in [9.17, 15) is 0 Å². The van der Waals surface area contributed by atoms with Crippen LogP contribution >= 0.6 is 0 Å². The minimum absolute atomic E-state index is 0.748. The normalized spacial score (nSPS) is 14.4. The van der Waals surface area contributed by atoms with Crippen LogP contribution in [0, 0.1) is 0 Å². The second-order valence-electron chi connectivity index (χ2n) is 5.68. The summed E-state index contributed by atoms with van der Waals surface area (Å²) >= 11 is 0. The third-order valence-electron chi connectivity index (χ3n) is 3.75. The van der Waals surface area contributed by atoms with Crippen molar-refractivity contribution in [3.63, 3.8) is 0 Å². The molecule has 0 aromatic heterocycles. The molecule has 0 heterocycles. The molecular weight excluding hydrogens is 260 g/mol. The lowest BCUT2D eigenvalue weighted by molar-refractivity contribution is 0.216. The smallest absolute Gasteiger partial charge is 0.119 e. The average molecular weight is 288 g/mol. The summed E-state index contributed by atoms with van der Waals surface area (Å²) in [6.45, 7) is 10.7. The van der Waals surface area contributed by atoms with Crippen LogP contribution in [0.5, 0.6) is 5.75 Å². The number of nitrogens with one attached hydrogen (secondary N) is 1. The Morgan fingerprint density at radius 3 is 2.71 bits per heavy atom. The summed E-state index contributed by atoms with van der Waals surface area (Å²) in [5.41, 5.74) is 1.31. The Balaban J connectivity index is 1.69. The summed E-state index contributed by atoms with van der Waals surface area (Å²) < 4.78 is 5.85. The van der Waals surface area contributed by atoms with Crippen LogP contribution in [0.3, 0.4) is 0 Å². The quantitative estimate of drug-likeness (QED) is 0.500. The predicted octanol–water partition coefficient (Wildman–Crippen LogP) is 3.22. The van der Waals surface area contributed by atoms with Gasteiger partial charge >= 0.3 is 0 Å². The molecule has 3 heteroatoms. The minimum atomic E-state index is 0.748. The molecule has 3 nitrogen and oxygen atoms in total. The molecule has 0 bridgehead atoms.